The average molecular weight is 383 g/mol. The first-order valence-electron chi connectivity index (χ1n) is 6.38. The van der Waals surface area contributed by atoms with Crippen molar-refractivity contribution in [2.45, 2.75) is 0 Å². The van der Waals surface area contributed by atoms with Crippen molar-refractivity contribution in [1.82, 2.24) is 10.9 Å². The summed E-state index contributed by atoms with van der Waals surface area (Å²) in [5, 5.41) is 1.69. The van der Waals surface area contributed by atoms with Crippen molar-refractivity contribution in [2.75, 3.05) is 13.2 Å². The molecular formula is C14H11BrN2O4S. The number of rotatable bonds is 2. The standard InChI is InChI=1S/C14H11BrN2O4S/c15-12-6-9(7-22-12)14(19)17-16-13(18)8-1-2-10-11(5-8)21-4-3-20-10/h1-2,5-7H,3-4H2,(H,16,18)(H,17,19). The molecule has 0 bridgehead atoms. The number of nitrogens with one attached hydrogen (secondary N) is 2. The van der Waals surface area contributed by atoms with Crippen LogP contribution in [0.4, 0.5) is 0 Å². The maximum Gasteiger partial charge on any atom is 0.270 e. The van der Waals surface area contributed by atoms with Crippen molar-refractivity contribution in [3.63, 3.8) is 0 Å². The van der Waals surface area contributed by atoms with Crippen molar-refractivity contribution >= 4 is 39.1 Å². The van der Waals surface area contributed by atoms with E-state index >= 15 is 0 Å². The van der Waals surface area contributed by atoms with Crippen molar-refractivity contribution in [3.05, 3.63) is 44.6 Å². The summed E-state index contributed by atoms with van der Waals surface area (Å²) >= 11 is 4.67. The molecule has 2 aromatic rings. The summed E-state index contributed by atoms with van der Waals surface area (Å²) in [6.07, 6.45) is 0. The highest BCUT2D eigenvalue weighted by molar-refractivity contribution is 9.11. The number of amides is 2. The Morgan fingerprint density at radius 1 is 1.00 bits per heavy atom. The molecule has 2 N–H and O–H groups in total. The molecule has 0 spiro atoms. The Morgan fingerprint density at radius 2 is 1.68 bits per heavy atom. The van der Waals surface area contributed by atoms with E-state index in [9.17, 15) is 9.59 Å². The Bertz CT molecular complexity index is 731. The van der Waals surface area contributed by atoms with Crippen LogP contribution in [-0.4, -0.2) is 25.0 Å². The first kappa shape index (κ1) is 14.9. The summed E-state index contributed by atoms with van der Waals surface area (Å²) in [5.74, 6) is 0.314. The highest BCUT2D eigenvalue weighted by Gasteiger charge is 2.15. The zero-order valence-corrected chi connectivity index (χ0v) is 13.6. The minimum Gasteiger partial charge on any atom is -0.486 e. The second-order valence-electron chi connectivity index (χ2n) is 4.41. The van der Waals surface area contributed by atoms with Crippen LogP contribution in [0.1, 0.15) is 20.7 Å². The largest absolute Gasteiger partial charge is 0.486 e. The van der Waals surface area contributed by atoms with E-state index in [0.717, 1.165) is 3.79 Å². The number of ether oxygens (including phenoxy) is 2. The molecule has 2 heterocycles. The van der Waals surface area contributed by atoms with Crippen LogP contribution >= 0.6 is 27.3 Å². The highest BCUT2D eigenvalue weighted by Crippen LogP contribution is 2.30. The van der Waals surface area contributed by atoms with Gasteiger partial charge < -0.3 is 9.47 Å². The molecule has 0 fully saturated rings. The van der Waals surface area contributed by atoms with E-state index in [1.807, 2.05) is 0 Å². The number of benzene rings is 1. The van der Waals surface area contributed by atoms with E-state index in [0.29, 0.717) is 35.8 Å². The van der Waals surface area contributed by atoms with Gasteiger partial charge in [0.15, 0.2) is 11.5 Å². The van der Waals surface area contributed by atoms with Gasteiger partial charge in [0, 0.05) is 10.9 Å². The van der Waals surface area contributed by atoms with E-state index in [-0.39, 0.29) is 5.91 Å². The van der Waals surface area contributed by atoms with Crippen LogP contribution in [0.3, 0.4) is 0 Å². The van der Waals surface area contributed by atoms with Gasteiger partial charge in [0.05, 0.1) is 9.35 Å². The minimum atomic E-state index is -0.431. The predicted molar refractivity (Wildman–Crippen MR) is 84.4 cm³/mol. The maximum absolute atomic E-state index is 12.0. The monoisotopic (exact) mass is 382 g/mol. The van der Waals surface area contributed by atoms with Gasteiger partial charge in [0.1, 0.15) is 13.2 Å². The van der Waals surface area contributed by atoms with E-state index in [1.54, 1.807) is 29.6 Å². The van der Waals surface area contributed by atoms with Crippen molar-refractivity contribution < 1.29 is 19.1 Å². The first-order chi connectivity index (χ1) is 10.6. The zero-order chi connectivity index (χ0) is 15.5. The molecule has 0 atom stereocenters. The number of hydrogen-bond donors (Lipinski definition) is 2. The molecule has 22 heavy (non-hydrogen) atoms. The number of thiophene rings is 1. The van der Waals surface area contributed by atoms with Crippen LogP contribution in [0.5, 0.6) is 11.5 Å². The summed E-state index contributed by atoms with van der Waals surface area (Å²) < 4.78 is 11.6. The number of hydrazine groups is 1. The zero-order valence-electron chi connectivity index (χ0n) is 11.2. The Kier molecular flexibility index (Phi) is 4.30. The second-order valence-corrected chi connectivity index (χ2v) is 6.70. The maximum atomic E-state index is 12.0. The van der Waals surface area contributed by atoms with Gasteiger partial charge >= 0.3 is 0 Å². The highest BCUT2D eigenvalue weighted by atomic mass is 79.9. The fraction of sp³-hybridized carbons (Fsp3) is 0.143. The van der Waals surface area contributed by atoms with Gasteiger partial charge in [-0.2, -0.15) is 0 Å². The molecule has 1 aromatic heterocycles. The summed E-state index contributed by atoms with van der Waals surface area (Å²) in [6, 6.07) is 6.53. The summed E-state index contributed by atoms with van der Waals surface area (Å²) in [6.45, 7) is 0.937. The average Bonchev–Trinajstić information content (AvgIpc) is 2.98. The number of carbonyl (C=O) groups excluding carboxylic acids is 2. The third-order valence-electron chi connectivity index (χ3n) is 2.92. The summed E-state index contributed by atoms with van der Waals surface area (Å²) in [5.41, 5.74) is 5.58. The lowest BCUT2D eigenvalue weighted by Crippen LogP contribution is -2.41. The van der Waals surface area contributed by atoms with Crippen molar-refractivity contribution in [3.8, 4) is 11.5 Å². The topological polar surface area (TPSA) is 76.7 Å². The molecule has 0 unspecified atom stereocenters. The van der Waals surface area contributed by atoms with Gasteiger partial charge in [0.25, 0.3) is 11.8 Å². The molecule has 8 heteroatoms. The van der Waals surface area contributed by atoms with Crippen LogP contribution in [0.2, 0.25) is 0 Å². The smallest absolute Gasteiger partial charge is 0.270 e. The van der Waals surface area contributed by atoms with Gasteiger partial charge in [-0.05, 0) is 40.2 Å². The number of fused-ring (bicyclic) bond motifs is 1. The Balaban J connectivity index is 1.63. The molecule has 1 aliphatic rings. The number of halogens is 1. The molecule has 0 radical (unpaired) electrons. The molecule has 3 rings (SSSR count). The van der Waals surface area contributed by atoms with E-state index in [4.69, 9.17) is 9.47 Å². The molecule has 2 amide bonds. The summed E-state index contributed by atoms with van der Waals surface area (Å²) in [7, 11) is 0. The van der Waals surface area contributed by atoms with Gasteiger partial charge in [-0.3, -0.25) is 20.4 Å². The normalized spacial score (nSPS) is 12.6. The lowest BCUT2D eigenvalue weighted by Gasteiger charge is -2.18. The third kappa shape index (κ3) is 3.23. The number of hydrogen-bond acceptors (Lipinski definition) is 5. The first-order valence-corrected chi connectivity index (χ1v) is 8.05. The van der Waals surface area contributed by atoms with Crippen LogP contribution < -0.4 is 20.3 Å². The second kappa shape index (κ2) is 6.37. The minimum absolute atomic E-state index is 0.371. The molecule has 0 aliphatic carbocycles. The molecule has 1 aromatic carbocycles. The predicted octanol–water partition coefficient (Wildman–Crippen LogP) is 2.36. The van der Waals surface area contributed by atoms with Crippen LogP contribution in [0.15, 0.2) is 33.4 Å². The van der Waals surface area contributed by atoms with Gasteiger partial charge in [-0.1, -0.05) is 0 Å². The lowest BCUT2D eigenvalue weighted by molar-refractivity contribution is 0.0846. The molecule has 1 aliphatic heterocycles. The lowest BCUT2D eigenvalue weighted by atomic mass is 10.2. The molecule has 0 saturated heterocycles. The van der Waals surface area contributed by atoms with Crippen molar-refractivity contribution in [1.29, 1.82) is 0 Å². The number of carbonyl (C=O) groups is 2. The van der Waals surface area contributed by atoms with E-state index in [2.05, 4.69) is 26.8 Å². The van der Waals surface area contributed by atoms with E-state index < -0.39 is 5.91 Å². The van der Waals surface area contributed by atoms with Crippen LogP contribution in [-0.2, 0) is 0 Å². The Hall–Kier alpha value is -2.06. The Morgan fingerprint density at radius 3 is 2.36 bits per heavy atom. The van der Waals surface area contributed by atoms with Gasteiger partial charge in [0.2, 0.25) is 0 Å². The van der Waals surface area contributed by atoms with Crippen molar-refractivity contribution in [2.24, 2.45) is 0 Å². The SMILES string of the molecule is O=C(NNC(=O)c1ccc2c(c1)OCCO2)c1csc(Br)c1. The fourth-order valence-corrected chi connectivity index (χ4v) is 3.01. The summed E-state index contributed by atoms with van der Waals surface area (Å²) in [4.78, 5) is 23.9. The third-order valence-corrected chi connectivity index (χ3v) is 4.43. The molecule has 114 valence electrons. The van der Waals surface area contributed by atoms with Gasteiger partial charge in [-0.25, -0.2) is 0 Å². The van der Waals surface area contributed by atoms with Crippen LogP contribution in [0, 0.1) is 0 Å². The Labute approximate surface area is 138 Å². The van der Waals surface area contributed by atoms with Gasteiger partial charge in [-0.15, -0.1) is 11.3 Å². The van der Waals surface area contributed by atoms with E-state index in [1.165, 1.54) is 11.3 Å². The fourth-order valence-electron chi connectivity index (χ4n) is 1.87. The molecular weight excluding hydrogens is 372 g/mol. The van der Waals surface area contributed by atoms with Crippen LogP contribution in [0.25, 0.3) is 0 Å². The quantitative estimate of drug-likeness (QED) is 0.781. The molecule has 0 saturated carbocycles. The molecule has 6 nitrogen and oxygen atoms in total.